The van der Waals surface area contributed by atoms with Gasteiger partial charge in [-0.3, -0.25) is 0 Å². The van der Waals surface area contributed by atoms with E-state index >= 15 is 0 Å². The molecule has 2 saturated carbocycles. The molecule has 0 amide bonds. The van der Waals surface area contributed by atoms with Gasteiger partial charge in [0.25, 0.3) is 0 Å². The van der Waals surface area contributed by atoms with Crippen molar-refractivity contribution < 1.29 is 4.74 Å². The van der Waals surface area contributed by atoms with Gasteiger partial charge in [-0.1, -0.05) is 205 Å². The smallest absolute Gasteiger partial charge is 0.159 e. The van der Waals surface area contributed by atoms with Crippen LogP contribution in [-0.4, -0.2) is 19.9 Å². The molecule has 2 atom stereocenters. The van der Waals surface area contributed by atoms with Crippen LogP contribution < -0.4 is 0 Å². The Bertz CT molecular complexity index is 1640. The number of hydrogen-bond donors (Lipinski definition) is 0. The van der Waals surface area contributed by atoms with Gasteiger partial charge in [0.2, 0.25) is 0 Å². The zero-order chi connectivity index (χ0) is 43.9. The van der Waals surface area contributed by atoms with E-state index in [1.807, 2.05) is 0 Å². The van der Waals surface area contributed by atoms with E-state index in [0.717, 1.165) is 47.5 Å². The van der Waals surface area contributed by atoms with Gasteiger partial charge < -0.3 is 4.74 Å². The predicted molar refractivity (Wildman–Crippen MR) is 266 cm³/mol. The Hall–Kier alpha value is -3.44. The van der Waals surface area contributed by atoms with Crippen LogP contribution in [0.2, 0.25) is 0 Å². The maximum absolute atomic E-state index is 7.70. The lowest BCUT2D eigenvalue weighted by Gasteiger charge is -2.40. The summed E-state index contributed by atoms with van der Waals surface area (Å²) in [7, 11) is 0. The maximum atomic E-state index is 7.70. The minimum atomic E-state index is 0.0529. The average molecular weight is 855 g/mol. The number of nitrogens with zero attached hydrogens (tertiary/aromatic N) is 4. The van der Waals surface area contributed by atoms with E-state index in [1.54, 1.807) is 0 Å². The second-order valence-electron chi connectivity index (χ2n) is 19.9. The summed E-state index contributed by atoms with van der Waals surface area (Å²) in [4.78, 5) is 19.4. The standard InChI is InChI=1S/C58H86N4O/c1-5-9-11-13-15-17-19-23-47-41-59-57(60-42-47)53-37-33-51(34-38-53)55(49-29-25-45(21-7-3)26-30-49)63-56(50-31-27-46(22-8-4)28-32-50)52-35-39-54(40-36-52)58-61-43-48(44-62-58)24-20-18-16-14-12-10-6-2/h33-46,49-50,55-56H,5-32H2,1-4H3/t45-,46-,49-,50-,55?,56?. The quantitative estimate of drug-likeness (QED) is 0.0533. The lowest BCUT2D eigenvalue weighted by Crippen LogP contribution is -2.28. The second kappa shape index (κ2) is 27.8. The van der Waals surface area contributed by atoms with Crippen molar-refractivity contribution in [3.8, 4) is 22.8 Å². The highest BCUT2D eigenvalue weighted by molar-refractivity contribution is 5.56. The van der Waals surface area contributed by atoms with Crippen LogP contribution in [0, 0.1) is 23.7 Å². The molecule has 0 spiro atoms. The first kappa shape index (κ1) is 49.0. The third kappa shape index (κ3) is 15.9. The van der Waals surface area contributed by atoms with Crippen LogP contribution >= 0.6 is 0 Å². The van der Waals surface area contributed by atoms with Gasteiger partial charge in [-0.15, -0.1) is 0 Å². The van der Waals surface area contributed by atoms with Gasteiger partial charge in [-0.05, 0) is 97.3 Å². The first-order chi connectivity index (χ1) is 31.1. The summed E-state index contributed by atoms with van der Waals surface area (Å²) < 4.78 is 7.70. The first-order valence-corrected chi connectivity index (χ1v) is 26.6. The van der Waals surface area contributed by atoms with Crippen LogP contribution in [0.15, 0.2) is 73.3 Å². The molecule has 0 bridgehead atoms. The zero-order valence-corrected chi connectivity index (χ0v) is 40.4. The summed E-state index contributed by atoms with van der Waals surface area (Å²) in [5.74, 6) is 4.37. The molecule has 2 fully saturated rings. The van der Waals surface area contributed by atoms with Crippen molar-refractivity contribution >= 4 is 0 Å². The fourth-order valence-corrected chi connectivity index (χ4v) is 10.9. The molecule has 2 aromatic carbocycles. The Labute approximate surface area is 384 Å². The number of rotatable bonds is 28. The number of hydrogen-bond acceptors (Lipinski definition) is 5. The van der Waals surface area contributed by atoms with E-state index in [2.05, 4.69) is 101 Å². The molecule has 2 aliphatic rings. The molecule has 5 heteroatoms. The highest BCUT2D eigenvalue weighted by Crippen LogP contribution is 2.47. The van der Waals surface area contributed by atoms with Gasteiger partial charge in [0, 0.05) is 35.9 Å². The summed E-state index contributed by atoms with van der Waals surface area (Å²) in [6.45, 7) is 9.26. The monoisotopic (exact) mass is 855 g/mol. The Morgan fingerprint density at radius 2 is 0.746 bits per heavy atom. The molecule has 0 radical (unpaired) electrons. The van der Waals surface area contributed by atoms with Gasteiger partial charge in [-0.2, -0.15) is 0 Å². The topological polar surface area (TPSA) is 60.8 Å². The van der Waals surface area contributed by atoms with Crippen molar-refractivity contribution in [3.05, 3.63) is 95.6 Å². The van der Waals surface area contributed by atoms with E-state index in [-0.39, 0.29) is 12.2 Å². The predicted octanol–water partition coefficient (Wildman–Crippen LogP) is 17.2. The molecule has 2 unspecified atom stereocenters. The van der Waals surface area contributed by atoms with Gasteiger partial charge in [0.15, 0.2) is 11.6 Å². The normalized spacial score (nSPS) is 20.1. The molecular weight excluding hydrogens is 769 g/mol. The van der Waals surface area contributed by atoms with E-state index in [0.29, 0.717) is 11.8 Å². The van der Waals surface area contributed by atoms with E-state index in [9.17, 15) is 0 Å². The Balaban J connectivity index is 1.16. The van der Waals surface area contributed by atoms with Crippen LogP contribution in [0.3, 0.4) is 0 Å². The summed E-state index contributed by atoms with van der Waals surface area (Å²) in [6, 6.07) is 18.3. The van der Waals surface area contributed by atoms with Crippen molar-refractivity contribution in [1.82, 2.24) is 19.9 Å². The molecule has 2 aromatic heterocycles. The third-order valence-corrected chi connectivity index (χ3v) is 14.9. The molecule has 0 saturated heterocycles. The summed E-state index contributed by atoms with van der Waals surface area (Å²) >= 11 is 0. The molecule has 63 heavy (non-hydrogen) atoms. The van der Waals surface area contributed by atoms with E-state index in [1.165, 1.54) is 189 Å². The summed E-state index contributed by atoms with van der Waals surface area (Å²) in [5.41, 5.74) is 7.28. The zero-order valence-electron chi connectivity index (χ0n) is 40.4. The van der Waals surface area contributed by atoms with Gasteiger partial charge in [0.1, 0.15) is 0 Å². The number of benzene rings is 2. The average Bonchev–Trinajstić information content (AvgIpc) is 3.33. The largest absolute Gasteiger partial charge is 0.365 e. The first-order valence-electron chi connectivity index (χ1n) is 26.6. The molecule has 5 nitrogen and oxygen atoms in total. The number of aromatic nitrogens is 4. The van der Waals surface area contributed by atoms with Crippen LogP contribution in [0.1, 0.15) is 229 Å². The maximum Gasteiger partial charge on any atom is 0.159 e. The van der Waals surface area contributed by atoms with Crippen LogP contribution in [-0.2, 0) is 17.6 Å². The lowest BCUT2D eigenvalue weighted by atomic mass is 9.75. The molecule has 0 N–H and O–H groups in total. The van der Waals surface area contributed by atoms with Gasteiger partial charge >= 0.3 is 0 Å². The Morgan fingerprint density at radius 1 is 0.413 bits per heavy atom. The van der Waals surface area contributed by atoms with Crippen LogP contribution in [0.25, 0.3) is 22.8 Å². The minimum absolute atomic E-state index is 0.0529. The lowest BCUT2D eigenvalue weighted by molar-refractivity contribution is -0.0907. The molecule has 6 rings (SSSR count). The van der Waals surface area contributed by atoms with Crippen molar-refractivity contribution in [2.24, 2.45) is 23.7 Å². The SMILES string of the molecule is CCCCCCCCCc1cnc(-c2ccc(C(OC(c3ccc(-c4ncc(CCCCCCCCC)cn4)cc3)[C@H]3CC[C@H](CCC)CC3)[C@H]3CC[C@H](CCC)CC3)cc2)nc1. The van der Waals surface area contributed by atoms with Gasteiger partial charge in [0.05, 0.1) is 12.2 Å². The molecule has 0 aliphatic heterocycles. The van der Waals surface area contributed by atoms with Crippen molar-refractivity contribution in [2.45, 2.75) is 220 Å². The summed E-state index contributed by atoms with van der Waals surface area (Å²) in [5, 5.41) is 0. The highest BCUT2D eigenvalue weighted by Gasteiger charge is 2.36. The Kier molecular flexibility index (Phi) is 21.6. The second-order valence-corrected chi connectivity index (χ2v) is 19.9. The minimum Gasteiger partial charge on any atom is -0.365 e. The molecule has 2 aliphatic carbocycles. The fourth-order valence-electron chi connectivity index (χ4n) is 10.9. The number of aryl methyl sites for hydroxylation is 2. The van der Waals surface area contributed by atoms with Crippen molar-refractivity contribution in [2.75, 3.05) is 0 Å². The molecule has 2 heterocycles. The van der Waals surface area contributed by atoms with Crippen LogP contribution in [0.4, 0.5) is 0 Å². The molecule has 4 aromatic rings. The van der Waals surface area contributed by atoms with Gasteiger partial charge in [-0.25, -0.2) is 19.9 Å². The Morgan fingerprint density at radius 3 is 1.08 bits per heavy atom. The fraction of sp³-hybridized carbons (Fsp3) is 0.655. The molecular formula is C58H86N4O. The van der Waals surface area contributed by atoms with E-state index < -0.39 is 0 Å². The van der Waals surface area contributed by atoms with Crippen molar-refractivity contribution in [3.63, 3.8) is 0 Å². The highest BCUT2D eigenvalue weighted by atomic mass is 16.5. The number of unbranched alkanes of at least 4 members (excludes halogenated alkanes) is 12. The van der Waals surface area contributed by atoms with Crippen LogP contribution in [0.5, 0.6) is 0 Å². The molecule has 344 valence electrons. The third-order valence-electron chi connectivity index (χ3n) is 14.9. The van der Waals surface area contributed by atoms with E-state index in [4.69, 9.17) is 24.7 Å². The van der Waals surface area contributed by atoms with Crippen molar-refractivity contribution in [1.29, 1.82) is 0 Å². The number of ether oxygens (including phenoxy) is 1. The summed E-state index contributed by atoms with van der Waals surface area (Å²) in [6.07, 6.45) is 44.5.